The number of nitrogens with zero attached hydrogens (tertiary/aromatic N) is 3. The highest BCUT2D eigenvalue weighted by molar-refractivity contribution is 5.82. The number of likely N-dealkylation sites (N-methyl/N-ethyl adjacent to an activating group) is 1. The van der Waals surface area contributed by atoms with Crippen LogP contribution < -0.4 is 0 Å². The molecule has 5 nitrogen and oxygen atoms in total. The molecular formula is C16H22N4O. The lowest BCUT2D eigenvalue weighted by atomic mass is 10.1. The number of imidazole rings is 1. The average molecular weight is 286 g/mol. The maximum atomic E-state index is 12.4. The molecule has 21 heavy (non-hydrogen) atoms. The van der Waals surface area contributed by atoms with E-state index in [2.05, 4.69) is 21.8 Å². The van der Waals surface area contributed by atoms with Gasteiger partial charge in [0.15, 0.2) is 0 Å². The van der Waals surface area contributed by atoms with Crippen LogP contribution in [0.15, 0.2) is 18.2 Å². The van der Waals surface area contributed by atoms with Crippen LogP contribution in [-0.4, -0.2) is 58.4 Å². The molecule has 0 atom stereocenters. The Morgan fingerprint density at radius 2 is 2.05 bits per heavy atom. The summed E-state index contributed by atoms with van der Waals surface area (Å²) >= 11 is 0. The van der Waals surface area contributed by atoms with Crippen molar-refractivity contribution in [3.8, 4) is 0 Å². The van der Waals surface area contributed by atoms with Gasteiger partial charge in [0.05, 0.1) is 17.5 Å². The molecule has 1 fully saturated rings. The largest absolute Gasteiger partial charge is 0.342 e. The van der Waals surface area contributed by atoms with Crippen molar-refractivity contribution in [2.24, 2.45) is 0 Å². The van der Waals surface area contributed by atoms with Gasteiger partial charge >= 0.3 is 0 Å². The van der Waals surface area contributed by atoms with E-state index in [0.717, 1.165) is 55.1 Å². The van der Waals surface area contributed by atoms with Crippen molar-refractivity contribution < 1.29 is 4.79 Å². The van der Waals surface area contributed by atoms with Crippen LogP contribution in [0.4, 0.5) is 0 Å². The van der Waals surface area contributed by atoms with Crippen LogP contribution in [0.2, 0.25) is 0 Å². The van der Waals surface area contributed by atoms with Gasteiger partial charge < -0.3 is 14.8 Å². The minimum atomic E-state index is 0.223. The molecule has 2 aromatic rings. The number of rotatable bonds is 3. The second kappa shape index (κ2) is 5.85. The van der Waals surface area contributed by atoms with E-state index in [1.54, 1.807) is 0 Å². The molecule has 1 amide bonds. The van der Waals surface area contributed by atoms with Crippen LogP contribution in [0.1, 0.15) is 18.3 Å². The molecule has 2 heterocycles. The first kappa shape index (κ1) is 14.1. The molecular weight excluding hydrogens is 264 g/mol. The number of aryl methyl sites for hydroxylation is 1. The van der Waals surface area contributed by atoms with E-state index in [9.17, 15) is 4.79 Å². The molecule has 1 aliphatic rings. The summed E-state index contributed by atoms with van der Waals surface area (Å²) in [7, 11) is 0. The minimum Gasteiger partial charge on any atom is -0.342 e. The molecule has 1 aromatic carbocycles. The smallest absolute Gasteiger partial charge is 0.227 e. The molecule has 5 heteroatoms. The van der Waals surface area contributed by atoms with Gasteiger partial charge in [0.1, 0.15) is 5.82 Å². The number of amides is 1. The summed E-state index contributed by atoms with van der Waals surface area (Å²) in [5.74, 6) is 1.13. The van der Waals surface area contributed by atoms with Gasteiger partial charge in [0.2, 0.25) is 5.91 Å². The topological polar surface area (TPSA) is 52.2 Å². The maximum absolute atomic E-state index is 12.4. The van der Waals surface area contributed by atoms with E-state index in [0.29, 0.717) is 6.42 Å². The summed E-state index contributed by atoms with van der Waals surface area (Å²) in [6.45, 7) is 8.84. The highest BCUT2D eigenvalue weighted by Gasteiger charge is 2.20. The van der Waals surface area contributed by atoms with Gasteiger partial charge in [-0.05, 0) is 31.2 Å². The zero-order valence-corrected chi connectivity index (χ0v) is 12.7. The van der Waals surface area contributed by atoms with E-state index >= 15 is 0 Å². The fourth-order valence-electron chi connectivity index (χ4n) is 2.89. The highest BCUT2D eigenvalue weighted by atomic mass is 16.2. The molecule has 0 unspecified atom stereocenters. The van der Waals surface area contributed by atoms with Crippen LogP contribution in [-0.2, 0) is 11.2 Å². The molecule has 0 aliphatic carbocycles. The average Bonchev–Trinajstić information content (AvgIpc) is 2.86. The van der Waals surface area contributed by atoms with Gasteiger partial charge in [0, 0.05) is 26.2 Å². The number of piperazine rings is 1. The van der Waals surface area contributed by atoms with Crippen molar-refractivity contribution >= 4 is 16.9 Å². The molecule has 1 aliphatic heterocycles. The lowest BCUT2D eigenvalue weighted by molar-refractivity contribution is -0.132. The number of hydrogen-bond donors (Lipinski definition) is 1. The number of nitrogens with one attached hydrogen (secondary N) is 1. The van der Waals surface area contributed by atoms with Gasteiger partial charge in [-0.15, -0.1) is 0 Å². The molecule has 0 saturated carbocycles. The predicted octanol–water partition coefficient (Wildman–Crippen LogP) is 1.58. The van der Waals surface area contributed by atoms with Gasteiger partial charge in [0.25, 0.3) is 0 Å². The molecule has 1 aromatic heterocycles. The summed E-state index contributed by atoms with van der Waals surface area (Å²) in [6, 6.07) is 6.02. The van der Waals surface area contributed by atoms with Gasteiger partial charge in [-0.3, -0.25) is 4.79 Å². The Morgan fingerprint density at radius 3 is 2.76 bits per heavy atom. The number of aromatic nitrogens is 2. The molecule has 0 bridgehead atoms. The number of benzene rings is 1. The maximum Gasteiger partial charge on any atom is 0.227 e. The summed E-state index contributed by atoms with van der Waals surface area (Å²) in [6.07, 6.45) is 0.472. The third kappa shape index (κ3) is 3.08. The Labute approximate surface area is 125 Å². The molecule has 0 spiro atoms. The van der Waals surface area contributed by atoms with Crippen LogP contribution >= 0.6 is 0 Å². The van der Waals surface area contributed by atoms with Crippen LogP contribution in [0.3, 0.4) is 0 Å². The van der Waals surface area contributed by atoms with Gasteiger partial charge in [-0.1, -0.05) is 13.0 Å². The molecule has 112 valence electrons. The first-order chi connectivity index (χ1) is 10.2. The van der Waals surface area contributed by atoms with Crippen molar-refractivity contribution in [2.75, 3.05) is 32.7 Å². The van der Waals surface area contributed by atoms with Crippen LogP contribution in [0.5, 0.6) is 0 Å². The van der Waals surface area contributed by atoms with Gasteiger partial charge in [-0.25, -0.2) is 4.98 Å². The highest BCUT2D eigenvalue weighted by Crippen LogP contribution is 2.15. The Hall–Kier alpha value is -1.88. The Kier molecular flexibility index (Phi) is 3.92. The Bertz CT molecular complexity index is 641. The standard InChI is InChI=1S/C16H22N4O/c1-3-19-6-8-20(9-7-19)16(21)11-13-4-5-14-15(10-13)18-12(2)17-14/h4-5,10H,3,6-9,11H2,1-2H3,(H,17,18). The van der Waals surface area contributed by atoms with Crippen molar-refractivity contribution in [2.45, 2.75) is 20.3 Å². The van der Waals surface area contributed by atoms with Crippen molar-refractivity contribution in [3.05, 3.63) is 29.6 Å². The van der Waals surface area contributed by atoms with Crippen molar-refractivity contribution in [3.63, 3.8) is 0 Å². The number of carbonyl (C=O) groups is 1. The number of fused-ring (bicyclic) bond motifs is 1. The van der Waals surface area contributed by atoms with Crippen LogP contribution in [0.25, 0.3) is 11.0 Å². The fraction of sp³-hybridized carbons (Fsp3) is 0.500. The van der Waals surface area contributed by atoms with Crippen molar-refractivity contribution in [1.82, 2.24) is 19.8 Å². The monoisotopic (exact) mass is 286 g/mol. The quantitative estimate of drug-likeness (QED) is 0.932. The summed E-state index contributed by atoms with van der Waals surface area (Å²) < 4.78 is 0. The summed E-state index contributed by atoms with van der Waals surface area (Å²) in [5.41, 5.74) is 3.02. The summed E-state index contributed by atoms with van der Waals surface area (Å²) in [5, 5.41) is 0. The molecule has 1 saturated heterocycles. The number of aromatic amines is 1. The van der Waals surface area contributed by atoms with E-state index in [-0.39, 0.29) is 5.91 Å². The predicted molar refractivity (Wildman–Crippen MR) is 83.2 cm³/mol. The zero-order valence-electron chi connectivity index (χ0n) is 12.7. The van der Waals surface area contributed by atoms with E-state index in [1.807, 2.05) is 30.0 Å². The SMILES string of the molecule is CCN1CCN(C(=O)Cc2ccc3nc(C)[nH]c3c2)CC1. The summed E-state index contributed by atoms with van der Waals surface area (Å²) in [4.78, 5) is 24.4. The molecule has 3 rings (SSSR count). The number of carbonyl (C=O) groups excluding carboxylic acids is 1. The van der Waals surface area contributed by atoms with E-state index < -0.39 is 0 Å². The normalized spacial score (nSPS) is 16.6. The number of H-pyrrole nitrogens is 1. The minimum absolute atomic E-state index is 0.223. The number of hydrogen-bond acceptors (Lipinski definition) is 3. The lowest BCUT2D eigenvalue weighted by Crippen LogP contribution is -2.48. The lowest BCUT2D eigenvalue weighted by Gasteiger charge is -2.34. The van der Waals surface area contributed by atoms with E-state index in [1.165, 1.54) is 0 Å². The first-order valence-corrected chi connectivity index (χ1v) is 7.61. The zero-order chi connectivity index (χ0) is 14.8. The second-order valence-corrected chi connectivity index (χ2v) is 5.67. The Morgan fingerprint density at radius 1 is 1.29 bits per heavy atom. The van der Waals surface area contributed by atoms with E-state index in [4.69, 9.17) is 0 Å². The third-order valence-corrected chi connectivity index (χ3v) is 4.19. The fourth-order valence-corrected chi connectivity index (χ4v) is 2.89. The van der Waals surface area contributed by atoms with Crippen molar-refractivity contribution in [1.29, 1.82) is 0 Å². The van der Waals surface area contributed by atoms with Crippen LogP contribution in [0, 0.1) is 6.92 Å². The molecule has 0 radical (unpaired) electrons. The Balaban J connectivity index is 1.65. The molecule has 1 N–H and O–H groups in total. The second-order valence-electron chi connectivity index (χ2n) is 5.67. The third-order valence-electron chi connectivity index (χ3n) is 4.19. The first-order valence-electron chi connectivity index (χ1n) is 7.61. The van der Waals surface area contributed by atoms with Gasteiger partial charge in [-0.2, -0.15) is 0 Å².